The first-order valence-electron chi connectivity index (χ1n) is 9.68. The largest absolute Gasteiger partial charge is 0.0586 e. The molecule has 6 heterocycles. The first-order valence-corrected chi connectivity index (χ1v) is 15.0. The Morgan fingerprint density at radius 1 is 0.333 bits per heavy atom. The highest BCUT2D eigenvalue weighted by Crippen LogP contribution is 3.55. The van der Waals surface area contributed by atoms with Crippen molar-refractivity contribution in [3.63, 3.8) is 0 Å². The van der Waals surface area contributed by atoms with E-state index < -0.39 is 0 Å². The Morgan fingerprint density at radius 2 is 0.458 bits per heavy atom. The molecule has 0 N–H and O–H groups in total. The smallest absolute Gasteiger partial charge is 0.0421 e. The molecular weight excluding hydrogens is 364 g/mol. The maximum Gasteiger partial charge on any atom is 0.0421 e. The Bertz CT molecular complexity index is 509. The molecule has 0 bridgehead atoms. The zero-order valence-electron chi connectivity index (χ0n) is 17.8. The molecule has 0 amide bonds. The summed E-state index contributed by atoms with van der Waals surface area (Å²) in [6.07, 6.45) is 0. The highest BCUT2D eigenvalue weighted by molar-refractivity contribution is 8.53. The van der Waals surface area contributed by atoms with Gasteiger partial charge in [-0.3, -0.25) is 0 Å². The molecule has 6 aliphatic rings. The van der Waals surface area contributed by atoms with Crippen LogP contribution >= 0.6 is 31.7 Å². The van der Waals surface area contributed by atoms with E-state index >= 15 is 0 Å². The summed E-state index contributed by atoms with van der Waals surface area (Å²) < 4.78 is 3.49. The van der Waals surface area contributed by atoms with Gasteiger partial charge in [0.1, 0.15) is 0 Å². The highest BCUT2D eigenvalue weighted by Gasteiger charge is 3.23. The lowest BCUT2D eigenvalue weighted by molar-refractivity contribution is 0.240. The lowest BCUT2D eigenvalue weighted by Crippen LogP contribution is -3.01. The van der Waals surface area contributed by atoms with E-state index in [-0.39, 0.29) is 31.7 Å². The second-order valence-corrected chi connectivity index (χ2v) is 27.8. The van der Waals surface area contributed by atoms with Gasteiger partial charge in [-0.2, -0.15) is 0 Å². The van der Waals surface area contributed by atoms with Crippen molar-refractivity contribution < 1.29 is 0 Å². The third kappa shape index (κ3) is 1.02. The van der Waals surface area contributed by atoms with Crippen molar-refractivity contribution in [3.05, 3.63) is 0 Å². The average molecular weight is 400 g/mol. The zero-order valence-corrected chi connectivity index (χ0v) is 21.4. The molecule has 24 heavy (non-hydrogen) atoms. The normalized spacial score (nSPS) is 59.5. The molecular formula is C20H36P4. The van der Waals surface area contributed by atoms with Crippen LogP contribution in [-0.4, -0.2) is 18.6 Å². The van der Waals surface area contributed by atoms with Crippen molar-refractivity contribution in [1.29, 1.82) is 0 Å². The molecule has 0 atom stereocenters. The van der Waals surface area contributed by atoms with Crippen molar-refractivity contribution in [2.24, 2.45) is 21.7 Å². The Morgan fingerprint density at radius 3 is 0.542 bits per heavy atom. The molecule has 6 saturated heterocycles. The molecule has 0 aromatic rings. The Kier molecular flexibility index (Phi) is 2.71. The van der Waals surface area contributed by atoms with E-state index in [0.717, 1.165) is 18.6 Å². The zero-order chi connectivity index (χ0) is 18.3. The molecule has 0 aromatic heterocycles. The number of hydrogen-bond acceptors (Lipinski definition) is 0. The standard InChI is InChI=1S/C20H36P4/c1-13(2,3)17-21-18(14(4,5)6)22(17)20(16(10,11)12)23(17)19(21,24(18)20)15(7,8)9/h1-12H3. The molecule has 4 heteroatoms. The third-order valence-electron chi connectivity index (χ3n) is 7.77. The molecule has 136 valence electrons. The highest BCUT2D eigenvalue weighted by atomic mass is 31.4. The van der Waals surface area contributed by atoms with Crippen LogP contribution in [-0.2, 0) is 0 Å². The minimum absolute atomic E-state index is 0.267. The van der Waals surface area contributed by atoms with Gasteiger partial charge in [-0.05, 0) is 21.7 Å². The van der Waals surface area contributed by atoms with Gasteiger partial charge in [0.15, 0.2) is 0 Å². The van der Waals surface area contributed by atoms with Crippen LogP contribution in [0.15, 0.2) is 0 Å². The molecule has 0 radical (unpaired) electrons. The predicted molar refractivity (Wildman–Crippen MR) is 116 cm³/mol. The summed E-state index contributed by atoms with van der Waals surface area (Å²) in [7, 11) is 1.07. The van der Waals surface area contributed by atoms with Gasteiger partial charge in [0.25, 0.3) is 0 Å². The molecule has 0 unspecified atom stereocenters. The molecule has 6 rings (SSSR count). The summed E-state index contributed by atoms with van der Waals surface area (Å²) in [5.74, 6) is 0. The maximum atomic E-state index is 2.62. The van der Waals surface area contributed by atoms with Crippen molar-refractivity contribution in [1.82, 2.24) is 0 Å². The molecule has 0 aromatic carbocycles. The second kappa shape index (κ2) is 3.65. The Hall–Kier alpha value is 1.72. The van der Waals surface area contributed by atoms with Crippen molar-refractivity contribution >= 4 is 31.7 Å². The minimum atomic E-state index is 0.267. The summed E-state index contributed by atoms with van der Waals surface area (Å²) in [5, 5.41) is 0. The van der Waals surface area contributed by atoms with E-state index in [2.05, 4.69) is 83.1 Å². The summed E-state index contributed by atoms with van der Waals surface area (Å²) >= 11 is 0. The van der Waals surface area contributed by atoms with Gasteiger partial charge in [-0.1, -0.05) is 115 Å². The van der Waals surface area contributed by atoms with E-state index in [0.29, 0.717) is 21.7 Å². The average Bonchev–Trinajstić information content (AvgIpc) is 2.32. The summed E-state index contributed by atoms with van der Waals surface area (Å²) in [6, 6.07) is 0. The van der Waals surface area contributed by atoms with Gasteiger partial charge in [0.2, 0.25) is 0 Å². The van der Waals surface area contributed by atoms with Crippen LogP contribution in [0.25, 0.3) is 0 Å². The fraction of sp³-hybridized carbons (Fsp3) is 1.00. The second-order valence-electron chi connectivity index (χ2n) is 12.9. The Balaban J connectivity index is 1.76. The van der Waals surface area contributed by atoms with Crippen LogP contribution in [0.2, 0.25) is 0 Å². The minimum Gasteiger partial charge on any atom is -0.0586 e. The van der Waals surface area contributed by atoms with E-state index in [9.17, 15) is 0 Å². The van der Waals surface area contributed by atoms with E-state index in [1.54, 1.807) is 0 Å². The quantitative estimate of drug-likeness (QED) is 0.356. The van der Waals surface area contributed by atoms with E-state index in [1.807, 2.05) is 0 Å². The van der Waals surface area contributed by atoms with Crippen LogP contribution in [0.1, 0.15) is 83.1 Å². The number of rotatable bonds is 0. The maximum absolute atomic E-state index is 2.62. The molecule has 6 aliphatic heterocycles. The van der Waals surface area contributed by atoms with Gasteiger partial charge in [-0.15, -0.1) is 0 Å². The first-order chi connectivity index (χ1) is 10.5. The summed E-state index contributed by atoms with van der Waals surface area (Å²) in [6.45, 7) is 31.5. The fourth-order valence-electron chi connectivity index (χ4n) is 7.57. The van der Waals surface area contributed by atoms with Crippen LogP contribution < -0.4 is 0 Å². The van der Waals surface area contributed by atoms with Gasteiger partial charge >= 0.3 is 0 Å². The monoisotopic (exact) mass is 400 g/mol. The molecule has 0 nitrogen and oxygen atoms in total. The fourth-order valence-corrected chi connectivity index (χ4v) is 56.4. The first kappa shape index (κ1) is 17.8. The summed E-state index contributed by atoms with van der Waals surface area (Å²) in [5.41, 5.74) is 2.26. The van der Waals surface area contributed by atoms with Crippen molar-refractivity contribution in [2.75, 3.05) is 0 Å². The SMILES string of the molecule is CC(C)(C)C12P3C4(C(C)(C)C)P1C1(C(C)(C)C)P2C3(C(C)(C)C)P41. The summed E-state index contributed by atoms with van der Waals surface area (Å²) in [4.78, 5) is 0. The van der Waals surface area contributed by atoms with Crippen molar-refractivity contribution in [2.45, 2.75) is 102 Å². The van der Waals surface area contributed by atoms with Crippen molar-refractivity contribution in [3.8, 4) is 0 Å². The van der Waals surface area contributed by atoms with Gasteiger partial charge in [0, 0.05) is 18.6 Å². The van der Waals surface area contributed by atoms with Gasteiger partial charge < -0.3 is 0 Å². The number of hydrogen-bond donors (Lipinski definition) is 0. The molecule has 0 aliphatic carbocycles. The van der Waals surface area contributed by atoms with Crippen LogP contribution in [0.4, 0.5) is 0 Å². The van der Waals surface area contributed by atoms with Crippen LogP contribution in [0.3, 0.4) is 0 Å². The predicted octanol–water partition coefficient (Wildman–Crippen LogP) is 8.78. The van der Waals surface area contributed by atoms with Gasteiger partial charge in [0.05, 0.1) is 0 Å². The topological polar surface area (TPSA) is 0 Å². The molecule has 0 saturated carbocycles. The lowest BCUT2D eigenvalue weighted by Gasteiger charge is -3.23. The third-order valence-corrected chi connectivity index (χ3v) is 37.7. The van der Waals surface area contributed by atoms with Crippen LogP contribution in [0.5, 0.6) is 0 Å². The molecule has 0 spiro atoms. The molecule has 6 fully saturated rings. The van der Waals surface area contributed by atoms with Crippen LogP contribution in [0, 0.1) is 21.7 Å². The van der Waals surface area contributed by atoms with E-state index in [4.69, 9.17) is 0 Å². The Labute approximate surface area is 155 Å². The lowest BCUT2D eigenvalue weighted by atomic mass is 9.95. The van der Waals surface area contributed by atoms with Gasteiger partial charge in [-0.25, -0.2) is 0 Å². The van der Waals surface area contributed by atoms with E-state index in [1.165, 1.54) is 0 Å².